The Balaban J connectivity index is 2.20. The number of carboxylic acids is 1. The quantitative estimate of drug-likeness (QED) is 0.820. The summed E-state index contributed by atoms with van der Waals surface area (Å²) in [4.78, 5) is 23.5. The molecule has 0 aliphatic carbocycles. The van der Waals surface area contributed by atoms with Crippen molar-refractivity contribution < 1.29 is 24.5 Å². The number of aromatic carboxylic acids is 1. The molecule has 0 saturated carbocycles. The Labute approximate surface area is 150 Å². The predicted molar refractivity (Wildman–Crippen MR) is 95.3 cm³/mol. The van der Waals surface area contributed by atoms with E-state index in [-0.39, 0.29) is 24.8 Å². The molecule has 3 rings (SSSR count). The smallest absolute Gasteiger partial charge is 0.341 e. The number of nitrogens with zero attached hydrogens (tertiary/aromatic N) is 1. The zero-order valence-corrected chi connectivity index (χ0v) is 14.7. The Bertz CT molecular complexity index is 902. The molecule has 0 radical (unpaired) electrons. The van der Waals surface area contributed by atoms with Crippen molar-refractivity contribution >= 4 is 5.97 Å². The van der Waals surface area contributed by atoms with Crippen LogP contribution >= 0.6 is 0 Å². The summed E-state index contributed by atoms with van der Waals surface area (Å²) in [7, 11) is 1.52. The van der Waals surface area contributed by atoms with Crippen LogP contribution in [0.25, 0.3) is 11.3 Å². The highest BCUT2D eigenvalue weighted by Gasteiger charge is 2.26. The van der Waals surface area contributed by atoms with E-state index in [0.29, 0.717) is 23.6 Å². The maximum absolute atomic E-state index is 12.2. The van der Waals surface area contributed by atoms with E-state index in [2.05, 4.69) is 0 Å². The van der Waals surface area contributed by atoms with E-state index in [4.69, 9.17) is 14.6 Å². The van der Waals surface area contributed by atoms with Gasteiger partial charge in [-0.05, 0) is 30.5 Å². The largest absolute Gasteiger partial charge is 0.493 e. The van der Waals surface area contributed by atoms with Gasteiger partial charge in [-0.3, -0.25) is 4.79 Å². The topological polar surface area (TPSA) is 98.0 Å². The van der Waals surface area contributed by atoms with Crippen molar-refractivity contribution in [3.05, 3.63) is 45.7 Å². The summed E-state index contributed by atoms with van der Waals surface area (Å²) >= 11 is 0. The van der Waals surface area contributed by atoms with Crippen LogP contribution in [0.5, 0.6) is 11.5 Å². The molecule has 0 spiro atoms. The number of aromatic nitrogens is 1. The van der Waals surface area contributed by atoms with Crippen LogP contribution in [0.4, 0.5) is 0 Å². The second-order valence-electron chi connectivity index (χ2n) is 6.15. The number of hydrogen-bond donors (Lipinski definition) is 2. The SMILES string of the molecule is CCC1Cc2cc(OCCO)c(OC)cc2-c2cc(=O)c(C(=O)O)cn21. The number of aliphatic hydroxyl groups is 1. The molecule has 2 heterocycles. The molecule has 1 atom stereocenters. The molecule has 1 aliphatic heterocycles. The number of hydrogen-bond acceptors (Lipinski definition) is 5. The molecule has 7 heteroatoms. The molecule has 26 heavy (non-hydrogen) atoms. The zero-order chi connectivity index (χ0) is 18.8. The standard InChI is InChI=1S/C19H21NO6/c1-3-12-6-11-7-18(26-5-4-21)17(25-2)8-13(11)15-9-16(22)14(19(23)24)10-20(12)15/h7-10,12,21H,3-6H2,1-2H3,(H,23,24). The van der Waals surface area contributed by atoms with Gasteiger partial charge in [0, 0.05) is 23.9 Å². The van der Waals surface area contributed by atoms with Gasteiger partial charge in [-0.15, -0.1) is 0 Å². The minimum Gasteiger partial charge on any atom is -0.493 e. The van der Waals surface area contributed by atoms with Crippen LogP contribution in [0, 0.1) is 0 Å². The molecular weight excluding hydrogens is 338 g/mol. The van der Waals surface area contributed by atoms with Gasteiger partial charge in [-0.25, -0.2) is 4.79 Å². The van der Waals surface area contributed by atoms with Gasteiger partial charge in [0.2, 0.25) is 0 Å². The van der Waals surface area contributed by atoms with E-state index in [1.807, 2.05) is 17.6 Å². The van der Waals surface area contributed by atoms with Gasteiger partial charge in [0.15, 0.2) is 16.9 Å². The van der Waals surface area contributed by atoms with Gasteiger partial charge >= 0.3 is 5.97 Å². The lowest BCUT2D eigenvalue weighted by atomic mass is 9.90. The predicted octanol–water partition coefficient (Wildman–Crippen LogP) is 2.10. The Hall–Kier alpha value is -2.80. The normalized spacial score (nSPS) is 15.1. The Morgan fingerprint density at radius 1 is 1.31 bits per heavy atom. The molecule has 7 nitrogen and oxygen atoms in total. The molecular formula is C19H21NO6. The fourth-order valence-electron chi connectivity index (χ4n) is 3.36. The molecule has 0 fully saturated rings. The highest BCUT2D eigenvalue weighted by atomic mass is 16.5. The average Bonchev–Trinajstić information content (AvgIpc) is 2.64. The van der Waals surface area contributed by atoms with Crippen molar-refractivity contribution in [3.63, 3.8) is 0 Å². The lowest BCUT2D eigenvalue weighted by Crippen LogP contribution is -2.25. The lowest BCUT2D eigenvalue weighted by molar-refractivity contribution is 0.0694. The van der Waals surface area contributed by atoms with Crippen molar-refractivity contribution in [1.29, 1.82) is 0 Å². The summed E-state index contributed by atoms with van der Waals surface area (Å²) in [6, 6.07) is 5.07. The molecule has 138 valence electrons. The molecule has 1 aromatic carbocycles. The number of fused-ring (bicyclic) bond motifs is 3. The monoisotopic (exact) mass is 359 g/mol. The van der Waals surface area contributed by atoms with Crippen molar-refractivity contribution in [2.75, 3.05) is 20.3 Å². The summed E-state index contributed by atoms with van der Waals surface area (Å²) in [6.07, 6.45) is 2.90. The minimum atomic E-state index is -1.23. The third kappa shape index (κ3) is 3.06. The van der Waals surface area contributed by atoms with Crippen molar-refractivity contribution in [2.45, 2.75) is 25.8 Å². The van der Waals surface area contributed by atoms with Crippen molar-refractivity contribution in [3.8, 4) is 22.8 Å². The van der Waals surface area contributed by atoms with Crippen molar-refractivity contribution in [2.24, 2.45) is 0 Å². The van der Waals surface area contributed by atoms with Crippen LogP contribution in [0.2, 0.25) is 0 Å². The molecule has 1 aliphatic rings. The van der Waals surface area contributed by atoms with Crippen molar-refractivity contribution in [1.82, 2.24) is 4.57 Å². The highest BCUT2D eigenvalue weighted by Crippen LogP contribution is 2.41. The molecule has 0 saturated heterocycles. The van der Waals surface area contributed by atoms with Gasteiger partial charge in [0.05, 0.1) is 19.4 Å². The summed E-state index contributed by atoms with van der Waals surface area (Å²) in [6.45, 7) is 2.07. The van der Waals surface area contributed by atoms with Crippen LogP contribution in [0.3, 0.4) is 0 Å². The minimum absolute atomic E-state index is 0.0373. The molecule has 2 aromatic rings. The first kappa shape index (κ1) is 18.0. The number of carboxylic acid groups (broad SMARTS) is 1. The van der Waals surface area contributed by atoms with Crippen LogP contribution in [-0.2, 0) is 6.42 Å². The van der Waals surface area contributed by atoms with Gasteiger partial charge in [0.1, 0.15) is 12.2 Å². The highest BCUT2D eigenvalue weighted by molar-refractivity contribution is 5.87. The van der Waals surface area contributed by atoms with Gasteiger partial charge in [-0.1, -0.05) is 6.92 Å². The van der Waals surface area contributed by atoms with Gasteiger partial charge < -0.3 is 24.3 Å². The first-order chi connectivity index (χ1) is 12.5. The number of pyridine rings is 1. The van der Waals surface area contributed by atoms with Crippen LogP contribution in [0.15, 0.2) is 29.2 Å². The third-order valence-electron chi connectivity index (χ3n) is 4.64. The maximum Gasteiger partial charge on any atom is 0.341 e. The summed E-state index contributed by atoms with van der Waals surface area (Å²) in [5.41, 5.74) is 1.72. The van der Waals surface area contributed by atoms with E-state index in [9.17, 15) is 14.7 Å². The van der Waals surface area contributed by atoms with E-state index >= 15 is 0 Å². The molecule has 1 unspecified atom stereocenters. The molecule has 0 amide bonds. The number of carbonyl (C=O) groups is 1. The summed E-state index contributed by atoms with van der Waals surface area (Å²) in [5, 5.41) is 18.2. The second-order valence-corrected chi connectivity index (χ2v) is 6.15. The van der Waals surface area contributed by atoms with Gasteiger partial charge in [0.25, 0.3) is 0 Å². The Morgan fingerprint density at radius 3 is 2.69 bits per heavy atom. The first-order valence-electron chi connectivity index (χ1n) is 8.44. The number of aliphatic hydroxyl groups excluding tert-OH is 1. The molecule has 0 bridgehead atoms. The summed E-state index contributed by atoms with van der Waals surface area (Å²) in [5.74, 6) is -0.196. The number of ether oxygens (including phenoxy) is 2. The maximum atomic E-state index is 12.2. The van der Waals surface area contributed by atoms with Crippen LogP contribution in [0.1, 0.15) is 35.3 Å². The molecule has 1 aromatic heterocycles. The number of rotatable bonds is 6. The molecule has 2 N–H and O–H groups in total. The number of benzene rings is 1. The number of methoxy groups -OCH3 is 1. The van der Waals surface area contributed by atoms with E-state index in [1.165, 1.54) is 19.4 Å². The first-order valence-corrected chi connectivity index (χ1v) is 8.44. The van der Waals surface area contributed by atoms with E-state index in [0.717, 1.165) is 17.5 Å². The average molecular weight is 359 g/mol. The lowest BCUT2D eigenvalue weighted by Gasteiger charge is -2.31. The van der Waals surface area contributed by atoms with Crippen LogP contribution in [-0.4, -0.2) is 41.1 Å². The van der Waals surface area contributed by atoms with E-state index < -0.39 is 11.4 Å². The fraction of sp³-hybridized carbons (Fsp3) is 0.368. The third-order valence-corrected chi connectivity index (χ3v) is 4.64. The Morgan fingerprint density at radius 2 is 2.08 bits per heavy atom. The fourth-order valence-corrected chi connectivity index (χ4v) is 3.36. The van der Waals surface area contributed by atoms with E-state index in [1.54, 1.807) is 6.07 Å². The summed E-state index contributed by atoms with van der Waals surface area (Å²) < 4.78 is 12.8. The zero-order valence-electron chi connectivity index (χ0n) is 14.7. The van der Waals surface area contributed by atoms with Crippen LogP contribution < -0.4 is 14.9 Å². The second kappa shape index (κ2) is 7.21. The van der Waals surface area contributed by atoms with Gasteiger partial charge in [-0.2, -0.15) is 0 Å². The Kier molecular flexibility index (Phi) is 4.99.